The van der Waals surface area contributed by atoms with Crippen molar-refractivity contribution in [3.63, 3.8) is 0 Å². The average Bonchev–Trinajstić information content (AvgIpc) is 3.09. The molecule has 0 N–H and O–H groups in total. The molecule has 4 rings (SSSR count). The third-order valence-corrected chi connectivity index (χ3v) is 5.82. The number of halogens is 6. The summed E-state index contributed by atoms with van der Waals surface area (Å²) in [5.74, 6) is 0.583. The quantitative estimate of drug-likeness (QED) is 0.575. The molecule has 8 heteroatoms. The van der Waals surface area contributed by atoms with Gasteiger partial charge in [-0.15, -0.1) is 24.8 Å². The zero-order valence-corrected chi connectivity index (χ0v) is 17.5. The average molecular weight is 451 g/mol. The summed E-state index contributed by atoms with van der Waals surface area (Å²) in [4.78, 5) is 4.50. The number of hydrogen-bond acceptors (Lipinski definition) is 2. The molecule has 2 nitrogen and oxygen atoms in total. The highest BCUT2D eigenvalue weighted by molar-refractivity contribution is 5.85. The Bertz CT molecular complexity index is 830. The molecule has 0 unspecified atom stereocenters. The van der Waals surface area contributed by atoms with Gasteiger partial charge in [0.2, 0.25) is 0 Å². The number of likely N-dealkylation sites (tertiary alicyclic amines) is 2. The predicted octanol–water partition coefficient (Wildman–Crippen LogP) is 5.42. The van der Waals surface area contributed by atoms with E-state index in [-0.39, 0.29) is 36.7 Å². The van der Waals surface area contributed by atoms with Gasteiger partial charge in [0.1, 0.15) is 5.82 Å². The van der Waals surface area contributed by atoms with E-state index in [0.717, 1.165) is 31.3 Å². The van der Waals surface area contributed by atoms with Crippen LogP contribution >= 0.6 is 24.8 Å². The molecule has 2 aromatic rings. The fourth-order valence-electron chi connectivity index (χ4n) is 4.78. The van der Waals surface area contributed by atoms with Crippen LogP contribution in [0.25, 0.3) is 0 Å². The van der Waals surface area contributed by atoms with E-state index in [2.05, 4.69) is 16.8 Å². The van der Waals surface area contributed by atoms with Gasteiger partial charge in [0, 0.05) is 32.2 Å². The fourth-order valence-corrected chi connectivity index (χ4v) is 4.78. The van der Waals surface area contributed by atoms with Gasteiger partial charge < -0.3 is 0 Å². The van der Waals surface area contributed by atoms with Crippen molar-refractivity contribution in [3.05, 3.63) is 71.0 Å². The van der Waals surface area contributed by atoms with Crippen LogP contribution < -0.4 is 0 Å². The van der Waals surface area contributed by atoms with Gasteiger partial charge in [0.05, 0.1) is 5.56 Å². The molecule has 0 aromatic heterocycles. The van der Waals surface area contributed by atoms with Crippen LogP contribution in [0.3, 0.4) is 0 Å². The summed E-state index contributed by atoms with van der Waals surface area (Å²) >= 11 is 0. The second kappa shape index (κ2) is 9.21. The maximum Gasteiger partial charge on any atom is 0.416 e. The summed E-state index contributed by atoms with van der Waals surface area (Å²) in [6.07, 6.45) is -4.32. The number of benzene rings is 2. The maximum absolute atomic E-state index is 13.7. The minimum Gasteiger partial charge on any atom is -0.299 e. The predicted molar refractivity (Wildman–Crippen MR) is 110 cm³/mol. The van der Waals surface area contributed by atoms with E-state index < -0.39 is 11.7 Å². The first kappa shape index (κ1) is 23.9. The van der Waals surface area contributed by atoms with Crippen LogP contribution in [-0.2, 0) is 12.7 Å². The number of fused-ring (bicyclic) bond motifs is 1. The molecular weight excluding hydrogens is 427 g/mol. The van der Waals surface area contributed by atoms with Gasteiger partial charge in [-0.2, -0.15) is 13.2 Å². The minimum atomic E-state index is -4.32. The smallest absolute Gasteiger partial charge is 0.299 e. The van der Waals surface area contributed by atoms with Gasteiger partial charge in [-0.25, -0.2) is 4.39 Å². The molecule has 2 aliphatic heterocycles. The molecule has 3 atom stereocenters. The molecule has 0 aliphatic carbocycles. The van der Waals surface area contributed by atoms with E-state index >= 15 is 0 Å². The summed E-state index contributed by atoms with van der Waals surface area (Å²) in [5, 5.41) is 0. The molecule has 0 amide bonds. The molecule has 2 aliphatic rings. The lowest BCUT2D eigenvalue weighted by molar-refractivity contribution is -0.137. The molecule has 29 heavy (non-hydrogen) atoms. The van der Waals surface area contributed by atoms with Crippen LogP contribution in [-0.4, -0.2) is 36.5 Å². The van der Waals surface area contributed by atoms with Crippen molar-refractivity contribution in [1.82, 2.24) is 9.80 Å². The maximum atomic E-state index is 13.7. The Labute approximate surface area is 180 Å². The molecule has 0 spiro atoms. The van der Waals surface area contributed by atoms with Gasteiger partial charge >= 0.3 is 6.18 Å². The number of rotatable bonds is 3. The van der Waals surface area contributed by atoms with Crippen molar-refractivity contribution in [2.45, 2.75) is 18.8 Å². The standard InChI is InChI=1S/C21H22F4N2.2ClH/c1-26-11-16-12-27(10-14-4-2-6-17(8-14)21(23,24)25)13-19(16)20(26)15-5-3-7-18(22)9-15;;/h2-9,16,19-20H,10-13H2,1H3;2*1H/t16-,19+,20-;;/m0../s1. The zero-order chi connectivity index (χ0) is 19.2. The van der Waals surface area contributed by atoms with E-state index in [9.17, 15) is 17.6 Å². The highest BCUT2D eigenvalue weighted by Gasteiger charge is 2.46. The number of hydrogen-bond donors (Lipinski definition) is 0. The first-order valence-electron chi connectivity index (χ1n) is 9.15. The minimum absolute atomic E-state index is 0. The summed E-state index contributed by atoms with van der Waals surface area (Å²) in [7, 11) is 2.06. The number of nitrogens with zero attached hydrogens (tertiary/aromatic N) is 2. The Kier molecular flexibility index (Phi) is 7.60. The SMILES string of the molecule is CN1C[C@H]2CN(Cc3cccc(C(F)(F)F)c3)C[C@H]2[C@@H]1c1cccc(F)c1.Cl.Cl. The van der Waals surface area contributed by atoms with Crippen LogP contribution in [0, 0.1) is 17.7 Å². The molecule has 0 bridgehead atoms. The molecule has 0 radical (unpaired) electrons. The molecular formula is C21H24Cl2F4N2. The van der Waals surface area contributed by atoms with Crippen molar-refractivity contribution in [2.24, 2.45) is 11.8 Å². The second-order valence-electron chi connectivity index (χ2n) is 7.76. The molecule has 2 fully saturated rings. The third kappa shape index (κ3) is 5.05. The molecule has 2 saturated heterocycles. The summed E-state index contributed by atoms with van der Waals surface area (Å²) in [6, 6.07) is 12.5. The van der Waals surface area contributed by atoms with Gasteiger partial charge in [0.25, 0.3) is 0 Å². The molecule has 160 valence electrons. The van der Waals surface area contributed by atoms with Crippen molar-refractivity contribution in [3.8, 4) is 0 Å². The highest BCUT2D eigenvalue weighted by atomic mass is 35.5. The van der Waals surface area contributed by atoms with Crippen molar-refractivity contribution < 1.29 is 17.6 Å². The van der Waals surface area contributed by atoms with E-state index in [4.69, 9.17) is 0 Å². The molecule has 0 saturated carbocycles. The lowest BCUT2D eigenvalue weighted by atomic mass is 9.89. The Balaban J connectivity index is 0.00000150. The van der Waals surface area contributed by atoms with E-state index in [1.807, 2.05) is 6.07 Å². The summed E-state index contributed by atoms with van der Waals surface area (Å²) < 4.78 is 52.5. The van der Waals surface area contributed by atoms with Crippen LogP contribution in [0.5, 0.6) is 0 Å². The Morgan fingerprint density at radius 3 is 2.38 bits per heavy atom. The monoisotopic (exact) mass is 450 g/mol. The Morgan fingerprint density at radius 2 is 1.69 bits per heavy atom. The largest absolute Gasteiger partial charge is 0.416 e. The normalized spacial score (nSPS) is 24.7. The second-order valence-corrected chi connectivity index (χ2v) is 7.76. The fraction of sp³-hybridized carbons (Fsp3) is 0.429. The van der Waals surface area contributed by atoms with Crippen molar-refractivity contribution in [1.29, 1.82) is 0 Å². The van der Waals surface area contributed by atoms with Gasteiger partial charge in [-0.3, -0.25) is 9.80 Å². The highest BCUT2D eigenvalue weighted by Crippen LogP contribution is 2.44. The lowest BCUT2D eigenvalue weighted by Gasteiger charge is -2.27. The summed E-state index contributed by atoms with van der Waals surface area (Å²) in [6.45, 7) is 3.10. The van der Waals surface area contributed by atoms with Crippen LogP contribution in [0.1, 0.15) is 22.7 Å². The van der Waals surface area contributed by atoms with E-state index in [1.165, 1.54) is 18.2 Å². The first-order chi connectivity index (χ1) is 12.8. The third-order valence-electron chi connectivity index (χ3n) is 5.82. The summed E-state index contributed by atoms with van der Waals surface area (Å²) in [5.41, 5.74) is 1.06. The van der Waals surface area contributed by atoms with Crippen molar-refractivity contribution in [2.75, 3.05) is 26.7 Å². The first-order valence-corrected chi connectivity index (χ1v) is 9.15. The number of alkyl halides is 3. The Hall–Kier alpha value is -1.34. The zero-order valence-electron chi connectivity index (χ0n) is 15.9. The van der Waals surface area contributed by atoms with E-state index in [1.54, 1.807) is 18.2 Å². The van der Waals surface area contributed by atoms with Crippen LogP contribution in [0.2, 0.25) is 0 Å². The van der Waals surface area contributed by atoms with E-state index in [0.29, 0.717) is 23.9 Å². The van der Waals surface area contributed by atoms with Crippen molar-refractivity contribution >= 4 is 24.8 Å². The van der Waals surface area contributed by atoms with Crippen LogP contribution in [0.15, 0.2) is 48.5 Å². The van der Waals surface area contributed by atoms with Gasteiger partial charge in [-0.05, 0) is 48.2 Å². The van der Waals surface area contributed by atoms with Gasteiger partial charge in [0.15, 0.2) is 0 Å². The van der Waals surface area contributed by atoms with Crippen LogP contribution in [0.4, 0.5) is 17.6 Å². The molecule has 2 aromatic carbocycles. The molecule has 2 heterocycles. The van der Waals surface area contributed by atoms with Gasteiger partial charge in [-0.1, -0.05) is 30.3 Å². The topological polar surface area (TPSA) is 6.48 Å². The lowest BCUT2D eigenvalue weighted by Crippen LogP contribution is -2.29. The Morgan fingerprint density at radius 1 is 0.966 bits per heavy atom.